The highest BCUT2D eigenvalue weighted by molar-refractivity contribution is 7.80. The van der Waals surface area contributed by atoms with Gasteiger partial charge in [0.05, 0.1) is 30.4 Å². The summed E-state index contributed by atoms with van der Waals surface area (Å²) in [6.45, 7) is -1.78. The molecule has 0 atom stereocenters. The van der Waals surface area contributed by atoms with Gasteiger partial charge in [-0.05, 0) is 18.2 Å². The van der Waals surface area contributed by atoms with E-state index in [9.17, 15) is 4.79 Å². The second-order valence-corrected chi connectivity index (χ2v) is 4.80. The van der Waals surface area contributed by atoms with E-state index in [1.807, 2.05) is 0 Å². The van der Waals surface area contributed by atoms with Crippen molar-refractivity contribution >= 4 is 30.1 Å². The maximum Gasteiger partial charge on any atom is 0.253 e. The van der Waals surface area contributed by atoms with Crippen LogP contribution in [-0.4, -0.2) is 46.6 Å². The number of carbonyl (C=O) groups is 1. The fraction of sp³-hybridized carbons (Fsp3) is 0.364. The van der Waals surface area contributed by atoms with Crippen LogP contribution in [0.4, 0.5) is 0 Å². The molecule has 0 bridgehead atoms. The number of carbonyl (C=O) groups excluding carboxylic acids is 1. The summed E-state index contributed by atoms with van der Waals surface area (Å²) in [4.78, 5) is 12.5. The van der Waals surface area contributed by atoms with Gasteiger partial charge in [0.15, 0.2) is 0 Å². The minimum Gasteiger partial charge on any atom is -0.394 e. The average molecular weight is 292 g/mol. The summed E-state index contributed by atoms with van der Waals surface area (Å²) in [7, 11) is 0. The summed E-state index contributed by atoms with van der Waals surface area (Å²) in [5.41, 5.74) is -1.32. The van der Waals surface area contributed by atoms with Crippen molar-refractivity contribution in [2.75, 3.05) is 19.8 Å². The molecule has 0 aliphatic carbocycles. The van der Waals surface area contributed by atoms with E-state index in [1.54, 1.807) is 6.07 Å². The number of hydrogen-bond donors (Lipinski definition) is 5. The Bertz CT molecular complexity index is 429. The van der Waals surface area contributed by atoms with Gasteiger partial charge in [0.25, 0.3) is 5.91 Å². The summed E-state index contributed by atoms with van der Waals surface area (Å²) in [5, 5.41) is 29.9. The third-order valence-corrected chi connectivity index (χ3v) is 3.09. The Labute approximate surface area is 115 Å². The number of rotatable bonds is 5. The van der Waals surface area contributed by atoms with Gasteiger partial charge in [0.2, 0.25) is 0 Å². The molecule has 0 fully saturated rings. The monoisotopic (exact) mass is 291 g/mol. The van der Waals surface area contributed by atoms with E-state index in [4.69, 9.17) is 26.9 Å². The quantitative estimate of drug-likeness (QED) is 0.497. The zero-order valence-corrected chi connectivity index (χ0v) is 11.1. The first-order valence-corrected chi connectivity index (χ1v) is 5.94. The molecule has 18 heavy (non-hydrogen) atoms. The summed E-state index contributed by atoms with van der Waals surface area (Å²) in [5.74, 6) is -0.604. The minimum atomic E-state index is -1.48. The first-order valence-electron chi connectivity index (χ1n) is 5.11. The molecule has 0 saturated heterocycles. The van der Waals surface area contributed by atoms with Crippen LogP contribution in [-0.2, 0) is 0 Å². The molecule has 0 saturated carbocycles. The first kappa shape index (κ1) is 15.3. The molecule has 100 valence electrons. The Balaban J connectivity index is 2.97. The van der Waals surface area contributed by atoms with Crippen LogP contribution in [0, 0.1) is 0 Å². The predicted molar refractivity (Wildman–Crippen MR) is 70.2 cm³/mol. The first-order chi connectivity index (χ1) is 8.48. The Morgan fingerprint density at radius 2 is 1.83 bits per heavy atom. The number of hydrogen-bond acceptors (Lipinski definition) is 5. The molecule has 0 aliphatic rings. The van der Waals surface area contributed by atoms with Crippen molar-refractivity contribution in [2.24, 2.45) is 0 Å². The van der Waals surface area contributed by atoms with Crippen molar-refractivity contribution in [1.29, 1.82) is 0 Å². The molecule has 7 heteroatoms. The highest BCUT2D eigenvalue weighted by Gasteiger charge is 2.30. The van der Waals surface area contributed by atoms with Crippen molar-refractivity contribution in [2.45, 2.75) is 10.4 Å². The fourth-order valence-electron chi connectivity index (χ4n) is 1.26. The van der Waals surface area contributed by atoms with Gasteiger partial charge in [0, 0.05) is 4.90 Å². The standard InChI is InChI=1S/C11H14ClNO4S/c12-9-2-1-7(18)3-8(9)10(17)13-11(4-14,5-15)6-16/h1-3,14-16,18H,4-6H2,(H,13,17). The van der Waals surface area contributed by atoms with Crippen LogP contribution in [0.3, 0.4) is 0 Å². The van der Waals surface area contributed by atoms with E-state index < -0.39 is 31.3 Å². The number of amides is 1. The van der Waals surface area contributed by atoms with E-state index in [0.29, 0.717) is 4.90 Å². The summed E-state index contributed by atoms with van der Waals surface area (Å²) >= 11 is 9.96. The smallest absolute Gasteiger partial charge is 0.253 e. The van der Waals surface area contributed by atoms with Crippen molar-refractivity contribution in [1.82, 2.24) is 5.32 Å². The van der Waals surface area contributed by atoms with Crippen molar-refractivity contribution in [3.05, 3.63) is 28.8 Å². The van der Waals surface area contributed by atoms with Gasteiger partial charge in [-0.1, -0.05) is 11.6 Å². The number of thiol groups is 1. The molecule has 0 heterocycles. The largest absolute Gasteiger partial charge is 0.394 e. The maximum absolute atomic E-state index is 11.9. The van der Waals surface area contributed by atoms with Gasteiger partial charge in [-0.2, -0.15) is 0 Å². The van der Waals surface area contributed by atoms with Gasteiger partial charge in [-0.15, -0.1) is 12.6 Å². The predicted octanol–water partition coefficient (Wildman–Crippen LogP) is 0.0742. The molecule has 4 N–H and O–H groups in total. The van der Waals surface area contributed by atoms with Crippen LogP contribution in [0.1, 0.15) is 10.4 Å². The van der Waals surface area contributed by atoms with Crippen LogP contribution in [0.15, 0.2) is 23.1 Å². The number of aliphatic hydroxyl groups is 3. The highest BCUT2D eigenvalue weighted by atomic mass is 35.5. The molecule has 0 aromatic heterocycles. The molecule has 0 spiro atoms. The normalized spacial score (nSPS) is 11.4. The lowest BCUT2D eigenvalue weighted by Crippen LogP contribution is -2.57. The fourth-order valence-corrected chi connectivity index (χ4v) is 1.67. The molecule has 0 radical (unpaired) electrons. The van der Waals surface area contributed by atoms with Gasteiger partial charge >= 0.3 is 0 Å². The third kappa shape index (κ3) is 3.37. The van der Waals surface area contributed by atoms with E-state index in [-0.39, 0.29) is 10.6 Å². The number of halogens is 1. The lowest BCUT2D eigenvalue weighted by atomic mass is 10.0. The van der Waals surface area contributed by atoms with Crippen molar-refractivity contribution in [3.63, 3.8) is 0 Å². The maximum atomic E-state index is 11.9. The van der Waals surface area contributed by atoms with Gasteiger partial charge < -0.3 is 20.6 Å². The van der Waals surface area contributed by atoms with Crippen molar-refractivity contribution in [3.8, 4) is 0 Å². The number of nitrogens with one attached hydrogen (secondary N) is 1. The van der Waals surface area contributed by atoms with Crippen molar-refractivity contribution < 1.29 is 20.1 Å². The molecule has 1 amide bonds. The highest BCUT2D eigenvalue weighted by Crippen LogP contribution is 2.20. The second-order valence-electron chi connectivity index (χ2n) is 3.87. The Morgan fingerprint density at radius 1 is 1.28 bits per heavy atom. The van der Waals surface area contributed by atoms with E-state index in [1.165, 1.54) is 12.1 Å². The van der Waals surface area contributed by atoms with Gasteiger partial charge in [0.1, 0.15) is 5.54 Å². The molecule has 1 rings (SSSR count). The minimum absolute atomic E-state index is 0.156. The topological polar surface area (TPSA) is 89.8 Å². The molecular weight excluding hydrogens is 278 g/mol. The SMILES string of the molecule is O=C(NC(CO)(CO)CO)c1cc(S)ccc1Cl. The number of aliphatic hydroxyl groups excluding tert-OH is 3. The molecule has 0 aliphatic heterocycles. The Kier molecular flexibility index (Phi) is 5.43. The molecule has 0 unspecified atom stereocenters. The van der Waals surface area contributed by atoms with E-state index in [2.05, 4.69) is 17.9 Å². The number of benzene rings is 1. The summed E-state index contributed by atoms with van der Waals surface area (Å²) < 4.78 is 0. The lowest BCUT2D eigenvalue weighted by Gasteiger charge is -2.28. The second kappa shape index (κ2) is 6.40. The third-order valence-electron chi connectivity index (χ3n) is 2.48. The van der Waals surface area contributed by atoms with E-state index >= 15 is 0 Å². The van der Waals surface area contributed by atoms with Gasteiger partial charge in [-0.3, -0.25) is 4.79 Å². The molecule has 1 aromatic rings. The van der Waals surface area contributed by atoms with Crippen LogP contribution < -0.4 is 5.32 Å². The molecular formula is C11H14ClNO4S. The summed E-state index contributed by atoms with van der Waals surface area (Å²) in [6, 6.07) is 4.59. The van der Waals surface area contributed by atoms with E-state index in [0.717, 1.165) is 0 Å². The molecule has 5 nitrogen and oxygen atoms in total. The van der Waals surface area contributed by atoms with Crippen LogP contribution in [0.5, 0.6) is 0 Å². The molecule has 1 aromatic carbocycles. The van der Waals surface area contributed by atoms with Crippen LogP contribution >= 0.6 is 24.2 Å². The zero-order chi connectivity index (χ0) is 13.8. The Hall–Kier alpha value is -0.790. The van der Waals surface area contributed by atoms with Crippen LogP contribution in [0.2, 0.25) is 5.02 Å². The van der Waals surface area contributed by atoms with Gasteiger partial charge in [-0.25, -0.2) is 0 Å². The lowest BCUT2D eigenvalue weighted by molar-refractivity contribution is 0.0375. The van der Waals surface area contributed by atoms with Crippen LogP contribution in [0.25, 0.3) is 0 Å². The average Bonchev–Trinajstić information content (AvgIpc) is 2.38. The summed E-state index contributed by atoms with van der Waals surface area (Å²) in [6.07, 6.45) is 0. The Morgan fingerprint density at radius 3 is 2.33 bits per heavy atom. The zero-order valence-electron chi connectivity index (χ0n) is 9.43.